The van der Waals surface area contributed by atoms with E-state index in [2.05, 4.69) is 15.1 Å². The van der Waals surface area contributed by atoms with E-state index in [-0.39, 0.29) is 0 Å². The van der Waals surface area contributed by atoms with Gasteiger partial charge in [-0.15, -0.1) is 0 Å². The number of aliphatic hydroxyl groups is 1. The summed E-state index contributed by atoms with van der Waals surface area (Å²) >= 11 is 6.03. The molecule has 2 heterocycles. The highest BCUT2D eigenvalue weighted by atomic mass is 35.5. The van der Waals surface area contributed by atoms with Gasteiger partial charge in [0, 0.05) is 19.5 Å². The molecule has 0 spiro atoms. The molecule has 0 aromatic carbocycles. The number of hydrogen-bond donors (Lipinski definition) is 1. The van der Waals surface area contributed by atoms with Gasteiger partial charge in [-0.2, -0.15) is 5.10 Å². The minimum atomic E-state index is -1.00. The molecule has 0 saturated heterocycles. The number of ether oxygens (including phenoxy) is 1. The van der Waals surface area contributed by atoms with Crippen LogP contribution in [0.4, 0.5) is 0 Å². The Hall–Kier alpha value is -1.50. The molecule has 18 heavy (non-hydrogen) atoms. The average molecular weight is 269 g/mol. The normalized spacial score (nSPS) is 12.6. The fourth-order valence-corrected chi connectivity index (χ4v) is 1.82. The largest absolute Gasteiger partial charge is 0.383 e. The lowest BCUT2D eigenvalue weighted by molar-refractivity contribution is 0.168. The first-order chi connectivity index (χ1) is 8.74. The minimum Gasteiger partial charge on any atom is -0.383 e. The third-order valence-corrected chi connectivity index (χ3v) is 2.72. The highest BCUT2D eigenvalue weighted by Gasteiger charge is 2.21. The summed E-state index contributed by atoms with van der Waals surface area (Å²) < 4.78 is 6.57. The topological polar surface area (TPSA) is 73.1 Å². The van der Waals surface area contributed by atoms with Gasteiger partial charge in [0.2, 0.25) is 0 Å². The van der Waals surface area contributed by atoms with Crippen LogP contribution in [0.25, 0.3) is 0 Å². The summed E-state index contributed by atoms with van der Waals surface area (Å²) in [5.74, 6) is 0.290. The summed E-state index contributed by atoms with van der Waals surface area (Å²) in [6.45, 7) is 0.982. The van der Waals surface area contributed by atoms with Gasteiger partial charge in [0.1, 0.15) is 0 Å². The summed E-state index contributed by atoms with van der Waals surface area (Å²) in [6.07, 6.45) is 3.61. The molecule has 0 saturated carbocycles. The molecule has 0 bridgehead atoms. The van der Waals surface area contributed by atoms with Crippen molar-refractivity contribution in [2.75, 3.05) is 13.7 Å². The van der Waals surface area contributed by atoms with E-state index >= 15 is 0 Å². The summed E-state index contributed by atoms with van der Waals surface area (Å²) in [7, 11) is 1.60. The number of halogens is 1. The lowest BCUT2D eigenvalue weighted by Crippen LogP contribution is -2.15. The van der Waals surface area contributed by atoms with Gasteiger partial charge in [0.15, 0.2) is 11.9 Å². The van der Waals surface area contributed by atoms with E-state index in [1.54, 1.807) is 30.3 Å². The maximum atomic E-state index is 10.2. The lowest BCUT2D eigenvalue weighted by atomic mass is 10.2. The van der Waals surface area contributed by atoms with Crippen molar-refractivity contribution < 1.29 is 9.84 Å². The first kappa shape index (κ1) is 12.9. The highest BCUT2D eigenvalue weighted by Crippen LogP contribution is 2.25. The van der Waals surface area contributed by atoms with E-state index < -0.39 is 6.10 Å². The number of aliphatic hydroxyl groups excluding tert-OH is 1. The van der Waals surface area contributed by atoms with E-state index in [0.29, 0.717) is 29.7 Å². The molecule has 7 heteroatoms. The van der Waals surface area contributed by atoms with Crippen LogP contribution >= 0.6 is 11.6 Å². The van der Waals surface area contributed by atoms with Gasteiger partial charge >= 0.3 is 0 Å². The molecule has 0 amide bonds. The number of hydrogen-bond acceptors (Lipinski definition) is 5. The highest BCUT2D eigenvalue weighted by molar-refractivity contribution is 6.31. The molecule has 0 aliphatic rings. The summed E-state index contributed by atoms with van der Waals surface area (Å²) in [5.41, 5.74) is 0.472. The molecule has 2 aromatic heterocycles. The van der Waals surface area contributed by atoms with Crippen LogP contribution in [-0.2, 0) is 11.3 Å². The maximum absolute atomic E-state index is 10.2. The number of rotatable bonds is 5. The fourth-order valence-electron chi connectivity index (χ4n) is 1.57. The molecular weight excluding hydrogens is 256 g/mol. The Morgan fingerprint density at radius 3 is 2.83 bits per heavy atom. The van der Waals surface area contributed by atoms with Crippen LogP contribution in [0.15, 0.2) is 24.7 Å². The Labute approximate surface area is 109 Å². The van der Waals surface area contributed by atoms with Gasteiger partial charge in [-0.1, -0.05) is 11.6 Å². The second kappa shape index (κ2) is 5.90. The van der Waals surface area contributed by atoms with Crippen LogP contribution < -0.4 is 0 Å². The van der Waals surface area contributed by atoms with Crippen molar-refractivity contribution in [2.24, 2.45) is 0 Å². The van der Waals surface area contributed by atoms with Crippen LogP contribution in [0, 0.1) is 0 Å². The standard InChI is InChI=1S/C11H13ClN4O2/c1-18-6-5-16-9(8(12)7-15-16)10(17)11-13-3-2-4-14-11/h2-4,7,10,17H,5-6H2,1H3. The maximum Gasteiger partial charge on any atom is 0.163 e. The monoisotopic (exact) mass is 268 g/mol. The van der Waals surface area contributed by atoms with E-state index in [1.807, 2.05) is 0 Å². The Kier molecular flexibility index (Phi) is 4.24. The molecular formula is C11H13ClN4O2. The van der Waals surface area contributed by atoms with E-state index in [0.717, 1.165) is 0 Å². The summed E-state index contributed by atoms with van der Waals surface area (Å²) in [6, 6.07) is 1.68. The number of methoxy groups -OCH3 is 1. The second-order valence-corrected chi connectivity index (χ2v) is 4.01. The van der Waals surface area contributed by atoms with E-state index in [9.17, 15) is 5.11 Å². The first-order valence-corrected chi connectivity index (χ1v) is 5.77. The quantitative estimate of drug-likeness (QED) is 0.878. The minimum absolute atomic E-state index is 0.290. The second-order valence-electron chi connectivity index (χ2n) is 3.60. The van der Waals surface area contributed by atoms with Crippen LogP contribution in [0.1, 0.15) is 17.6 Å². The first-order valence-electron chi connectivity index (χ1n) is 5.39. The number of aromatic nitrogens is 4. The molecule has 1 atom stereocenters. The van der Waals surface area contributed by atoms with Crippen LogP contribution in [0.2, 0.25) is 5.02 Å². The molecule has 6 nitrogen and oxygen atoms in total. The lowest BCUT2D eigenvalue weighted by Gasteiger charge is -2.12. The van der Waals surface area contributed by atoms with Crippen molar-refractivity contribution in [1.82, 2.24) is 19.7 Å². The third-order valence-electron chi connectivity index (χ3n) is 2.43. The number of nitrogens with zero attached hydrogens (tertiary/aromatic N) is 4. The molecule has 0 aliphatic carbocycles. The Bertz CT molecular complexity index is 503. The molecule has 0 aliphatic heterocycles. The van der Waals surface area contributed by atoms with Crippen molar-refractivity contribution in [2.45, 2.75) is 12.6 Å². The van der Waals surface area contributed by atoms with Crippen molar-refractivity contribution in [3.8, 4) is 0 Å². The van der Waals surface area contributed by atoms with Crippen LogP contribution in [0.5, 0.6) is 0 Å². The average Bonchev–Trinajstić information content (AvgIpc) is 2.77. The zero-order chi connectivity index (χ0) is 13.0. The summed E-state index contributed by atoms with van der Waals surface area (Å²) in [4.78, 5) is 8.01. The van der Waals surface area contributed by atoms with Crippen molar-refractivity contribution in [3.05, 3.63) is 41.2 Å². The molecule has 0 fully saturated rings. The van der Waals surface area contributed by atoms with E-state index in [1.165, 1.54) is 6.20 Å². The molecule has 96 valence electrons. The van der Waals surface area contributed by atoms with Crippen molar-refractivity contribution in [1.29, 1.82) is 0 Å². The van der Waals surface area contributed by atoms with Crippen LogP contribution in [0.3, 0.4) is 0 Å². The van der Waals surface area contributed by atoms with Gasteiger partial charge in [-0.25, -0.2) is 9.97 Å². The molecule has 0 radical (unpaired) electrons. The predicted molar refractivity (Wildman–Crippen MR) is 65.2 cm³/mol. The Morgan fingerprint density at radius 2 is 2.17 bits per heavy atom. The molecule has 1 N–H and O–H groups in total. The predicted octanol–water partition coefficient (Wildman–Crippen LogP) is 1.05. The zero-order valence-corrected chi connectivity index (χ0v) is 10.6. The van der Waals surface area contributed by atoms with Crippen molar-refractivity contribution >= 4 is 11.6 Å². The van der Waals surface area contributed by atoms with Gasteiger partial charge in [-0.05, 0) is 6.07 Å². The molecule has 2 aromatic rings. The zero-order valence-electron chi connectivity index (χ0n) is 9.82. The Balaban J connectivity index is 2.29. The van der Waals surface area contributed by atoms with Gasteiger partial charge in [0.25, 0.3) is 0 Å². The molecule has 2 rings (SSSR count). The van der Waals surface area contributed by atoms with Gasteiger partial charge in [0.05, 0.1) is 30.1 Å². The van der Waals surface area contributed by atoms with Gasteiger partial charge in [-0.3, -0.25) is 4.68 Å². The summed E-state index contributed by atoms with van der Waals surface area (Å²) in [5, 5.41) is 14.7. The SMILES string of the molecule is COCCn1ncc(Cl)c1C(O)c1ncccn1. The van der Waals surface area contributed by atoms with Gasteiger partial charge < -0.3 is 9.84 Å². The Morgan fingerprint density at radius 1 is 1.44 bits per heavy atom. The molecule has 1 unspecified atom stereocenters. The fraction of sp³-hybridized carbons (Fsp3) is 0.364. The van der Waals surface area contributed by atoms with Crippen molar-refractivity contribution in [3.63, 3.8) is 0 Å². The third kappa shape index (κ3) is 2.66. The smallest absolute Gasteiger partial charge is 0.163 e. The van der Waals surface area contributed by atoms with Crippen LogP contribution in [-0.4, -0.2) is 38.6 Å². The van der Waals surface area contributed by atoms with E-state index in [4.69, 9.17) is 16.3 Å².